The molecule has 1 amide bonds. The third-order valence-electron chi connectivity index (χ3n) is 7.32. The number of likely N-dealkylation sites (tertiary alicyclic amines) is 1. The first kappa shape index (κ1) is 25.1. The lowest BCUT2D eigenvalue weighted by atomic mass is 9.87. The zero-order valence-corrected chi connectivity index (χ0v) is 21.5. The Bertz CT molecular complexity index is 1020. The lowest BCUT2D eigenvalue weighted by molar-refractivity contribution is -0.132. The maximum absolute atomic E-state index is 12.8. The van der Waals surface area contributed by atoms with Crippen LogP contribution in [0.2, 0.25) is 0 Å². The smallest absolute Gasteiger partial charge is 0.223 e. The van der Waals surface area contributed by atoms with E-state index in [1.807, 2.05) is 29.2 Å². The van der Waals surface area contributed by atoms with Gasteiger partial charge < -0.3 is 15.1 Å². The van der Waals surface area contributed by atoms with Gasteiger partial charge in [-0.3, -0.25) is 9.69 Å². The fourth-order valence-electron chi connectivity index (χ4n) is 5.00. The zero-order chi connectivity index (χ0) is 24.8. The molecule has 186 valence electrons. The minimum absolute atomic E-state index is 0.180. The summed E-state index contributed by atoms with van der Waals surface area (Å²) in [6.07, 6.45) is 2.48. The topological polar surface area (TPSA) is 62.6 Å². The molecule has 1 N–H and O–H groups in total. The second kappa shape index (κ2) is 11.1. The molecule has 0 unspecified atom stereocenters. The molecule has 6 heteroatoms. The summed E-state index contributed by atoms with van der Waals surface area (Å²) >= 11 is 0. The highest BCUT2D eigenvalue weighted by atomic mass is 16.2. The summed E-state index contributed by atoms with van der Waals surface area (Å²) in [6, 6.07) is 19.1. The monoisotopic (exact) mass is 473 g/mol. The Morgan fingerprint density at radius 3 is 2.31 bits per heavy atom. The Hall–Kier alpha value is -3.04. The Morgan fingerprint density at radius 2 is 1.69 bits per heavy atom. The van der Waals surface area contributed by atoms with E-state index in [2.05, 4.69) is 66.2 Å². The van der Waals surface area contributed by atoms with Crippen LogP contribution in [-0.4, -0.2) is 67.6 Å². The molecule has 2 fully saturated rings. The molecule has 0 radical (unpaired) electrons. The maximum atomic E-state index is 12.8. The van der Waals surface area contributed by atoms with Gasteiger partial charge in [-0.2, -0.15) is 5.26 Å². The number of nitriles is 1. The van der Waals surface area contributed by atoms with E-state index in [1.54, 1.807) is 0 Å². The van der Waals surface area contributed by atoms with E-state index in [4.69, 9.17) is 5.26 Å². The van der Waals surface area contributed by atoms with E-state index in [-0.39, 0.29) is 11.3 Å². The number of nitrogens with zero attached hydrogens (tertiary/aromatic N) is 4. The summed E-state index contributed by atoms with van der Waals surface area (Å²) in [5, 5.41) is 12.6. The molecule has 0 saturated carbocycles. The fraction of sp³-hybridized carbons (Fsp3) is 0.517. The minimum atomic E-state index is 0.180. The van der Waals surface area contributed by atoms with Crippen LogP contribution in [-0.2, 0) is 10.2 Å². The number of hydrogen-bond donors (Lipinski definition) is 1. The van der Waals surface area contributed by atoms with Crippen molar-refractivity contribution in [3.05, 3.63) is 59.7 Å². The Labute approximate surface area is 210 Å². The number of carbonyl (C=O) groups is 1. The maximum Gasteiger partial charge on any atom is 0.223 e. The molecule has 2 aromatic rings. The molecule has 2 aliphatic rings. The van der Waals surface area contributed by atoms with E-state index >= 15 is 0 Å². The van der Waals surface area contributed by atoms with Crippen molar-refractivity contribution < 1.29 is 4.79 Å². The summed E-state index contributed by atoms with van der Waals surface area (Å²) in [5.41, 5.74) is 4.50. The quantitative estimate of drug-likeness (QED) is 0.671. The molecule has 2 aliphatic heterocycles. The number of amides is 1. The van der Waals surface area contributed by atoms with Gasteiger partial charge in [-0.05, 0) is 54.2 Å². The Morgan fingerprint density at radius 1 is 1.00 bits per heavy atom. The molecule has 0 aliphatic carbocycles. The standard InChI is InChI=1S/C29H39N5O/c1-29(2,3)24-7-9-27(10-8-24)33-19-17-32(18-20-33)14-13-28(35)34-15-11-25(12-16-34)31-26-6-4-5-23(21-26)22-30/h4-10,21,25,31H,11-20H2,1-3H3. The van der Waals surface area contributed by atoms with Crippen molar-refractivity contribution in [3.63, 3.8) is 0 Å². The normalized spacial score (nSPS) is 17.8. The van der Waals surface area contributed by atoms with Crippen molar-refractivity contribution in [2.24, 2.45) is 0 Å². The van der Waals surface area contributed by atoms with Crippen LogP contribution in [0.3, 0.4) is 0 Å². The minimum Gasteiger partial charge on any atom is -0.382 e. The average Bonchev–Trinajstić information content (AvgIpc) is 2.88. The lowest BCUT2D eigenvalue weighted by Gasteiger charge is -2.37. The number of rotatable bonds is 6. The number of nitrogens with one attached hydrogen (secondary N) is 1. The van der Waals surface area contributed by atoms with Gasteiger partial charge in [0.05, 0.1) is 11.6 Å². The van der Waals surface area contributed by atoms with E-state index in [0.717, 1.165) is 64.3 Å². The van der Waals surface area contributed by atoms with Gasteiger partial charge in [0.1, 0.15) is 0 Å². The van der Waals surface area contributed by atoms with Gasteiger partial charge >= 0.3 is 0 Å². The van der Waals surface area contributed by atoms with Crippen LogP contribution in [0.15, 0.2) is 48.5 Å². The summed E-state index contributed by atoms with van der Waals surface area (Å²) in [5.74, 6) is 0.273. The third kappa shape index (κ3) is 6.76. The van der Waals surface area contributed by atoms with Crippen molar-refractivity contribution >= 4 is 17.3 Å². The first-order chi connectivity index (χ1) is 16.8. The van der Waals surface area contributed by atoms with Crippen molar-refractivity contribution in [3.8, 4) is 6.07 Å². The summed E-state index contributed by atoms with van der Waals surface area (Å²) < 4.78 is 0. The number of benzene rings is 2. The van der Waals surface area contributed by atoms with Crippen LogP contribution < -0.4 is 10.2 Å². The molecule has 2 heterocycles. The van der Waals surface area contributed by atoms with Crippen molar-refractivity contribution in [2.45, 2.75) is 51.5 Å². The highest BCUT2D eigenvalue weighted by Crippen LogP contribution is 2.25. The second-order valence-electron chi connectivity index (χ2n) is 10.9. The van der Waals surface area contributed by atoms with Crippen LogP contribution in [0.25, 0.3) is 0 Å². The predicted octanol–water partition coefficient (Wildman–Crippen LogP) is 4.47. The van der Waals surface area contributed by atoms with Crippen molar-refractivity contribution in [1.29, 1.82) is 5.26 Å². The van der Waals surface area contributed by atoms with Crippen LogP contribution >= 0.6 is 0 Å². The molecule has 0 atom stereocenters. The largest absolute Gasteiger partial charge is 0.382 e. The van der Waals surface area contributed by atoms with Gasteiger partial charge in [0.2, 0.25) is 5.91 Å². The van der Waals surface area contributed by atoms with Gasteiger partial charge in [0.15, 0.2) is 0 Å². The fourth-order valence-corrected chi connectivity index (χ4v) is 5.00. The Balaban J connectivity index is 1.16. The molecular weight excluding hydrogens is 434 g/mol. The van der Waals surface area contributed by atoms with Crippen LogP contribution in [0.1, 0.15) is 51.2 Å². The summed E-state index contributed by atoms with van der Waals surface area (Å²) in [4.78, 5) is 19.7. The molecule has 0 bridgehead atoms. The van der Waals surface area contributed by atoms with Crippen molar-refractivity contribution in [2.75, 3.05) is 56.0 Å². The first-order valence-corrected chi connectivity index (χ1v) is 12.9. The van der Waals surface area contributed by atoms with Crippen molar-refractivity contribution in [1.82, 2.24) is 9.80 Å². The first-order valence-electron chi connectivity index (χ1n) is 12.9. The number of piperazine rings is 1. The van der Waals surface area contributed by atoms with Crippen LogP contribution in [0, 0.1) is 11.3 Å². The molecule has 2 saturated heterocycles. The van der Waals surface area contributed by atoms with Gasteiger partial charge in [-0.1, -0.05) is 39.0 Å². The highest BCUT2D eigenvalue weighted by molar-refractivity contribution is 5.76. The highest BCUT2D eigenvalue weighted by Gasteiger charge is 2.24. The molecular formula is C29H39N5O. The van der Waals surface area contributed by atoms with Gasteiger partial charge in [0, 0.05) is 69.7 Å². The number of anilines is 2. The number of carbonyl (C=O) groups excluding carboxylic acids is 1. The molecule has 4 rings (SSSR count). The van der Waals surface area contributed by atoms with Crippen LogP contribution in [0.5, 0.6) is 0 Å². The van der Waals surface area contributed by atoms with E-state index in [0.29, 0.717) is 18.0 Å². The predicted molar refractivity (Wildman–Crippen MR) is 143 cm³/mol. The van der Waals surface area contributed by atoms with Gasteiger partial charge in [-0.25, -0.2) is 0 Å². The zero-order valence-electron chi connectivity index (χ0n) is 21.5. The van der Waals surface area contributed by atoms with Gasteiger partial charge in [0.25, 0.3) is 0 Å². The number of piperidine rings is 1. The number of hydrogen-bond acceptors (Lipinski definition) is 5. The lowest BCUT2D eigenvalue weighted by Crippen LogP contribution is -2.48. The third-order valence-corrected chi connectivity index (χ3v) is 7.32. The molecule has 2 aromatic carbocycles. The van der Waals surface area contributed by atoms with E-state index in [9.17, 15) is 4.79 Å². The molecule has 35 heavy (non-hydrogen) atoms. The second-order valence-corrected chi connectivity index (χ2v) is 10.9. The molecule has 0 spiro atoms. The van der Waals surface area contributed by atoms with Gasteiger partial charge in [-0.15, -0.1) is 0 Å². The summed E-state index contributed by atoms with van der Waals surface area (Å²) in [7, 11) is 0. The Kier molecular flexibility index (Phi) is 7.97. The van der Waals surface area contributed by atoms with E-state index < -0.39 is 0 Å². The van der Waals surface area contributed by atoms with Crippen LogP contribution in [0.4, 0.5) is 11.4 Å². The van der Waals surface area contributed by atoms with E-state index in [1.165, 1.54) is 11.3 Å². The molecule has 0 aromatic heterocycles. The average molecular weight is 474 g/mol. The SMILES string of the molecule is CC(C)(C)c1ccc(N2CCN(CCC(=O)N3CCC(Nc4cccc(C#N)c4)CC3)CC2)cc1. The molecule has 6 nitrogen and oxygen atoms in total. The summed E-state index contributed by atoms with van der Waals surface area (Å²) in [6.45, 7) is 13.2.